The Bertz CT molecular complexity index is 1290. The predicted molar refractivity (Wildman–Crippen MR) is 129 cm³/mol. The van der Waals surface area contributed by atoms with Gasteiger partial charge >= 0.3 is 0 Å². The van der Waals surface area contributed by atoms with Gasteiger partial charge in [-0.25, -0.2) is 4.98 Å². The van der Waals surface area contributed by atoms with Crippen LogP contribution in [0.2, 0.25) is 0 Å². The minimum absolute atomic E-state index is 0.0436. The van der Waals surface area contributed by atoms with E-state index in [1.165, 1.54) is 5.56 Å². The van der Waals surface area contributed by atoms with E-state index in [9.17, 15) is 4.79 Å². The number of halogens is 1. The molecule has 0 aliphatic carbocycles. The van der Waals surface area contributed by atoms with Gasteiger partial charge in [0.25, 0.3) is 5.56 Å². The van der Waals surface area contributed by atoms with Gasteiger partial charge in [0.05, 0.1) is 18.1 Å². The summed E-state index contributed by atoms with van der Waals surface area (Å²) in [6.45, 7) is 8.20. The van der Waals surface area contributed by atoms with E-state index in [2.05, 4.69) is 84.1 Å². The summed E-state index contributed by atoms with van der Waals surface area (Å²) in [5, 5.41) is 0. The first kappa shape index (κ1) is 21.3. The molecule has 158 valence electrons. The summed E-state index contributed by atoms with van der Waals surface area (Å²) >= 11 is 3.60. The maximum absolute atomic E-state index is 13.3. The lowest BCUT2D eigenvalue weighted by Gasteiger charge is -2.18. The van der Waals surface area contributed by atoms with Crippen LogP contribution in [0.15, 0.2) is 76.5 Å². The predicted octanol–water partition coefficient (Wildman–Crippen LogP) is 5.92. The zero-order chi connectivity index (χ0) is 22.1. The van der Waals surface area contributed by atoms with Crippen LogP contribution < -0.4 is 5.56 Å². The average Bonchev–Trinajstić information content (AvgIpc) is 3.16. The normalized spacial score (nSPS) is 12.2. The Morgan fingerprint density at radius 2 is 1.74 bits per heavy atom. The largest absolute Gasteiger partial charge is 0.307 e. The third-order valence-corrected chi connectivity index (χ3v) is 6.14. The van der Waals surface area contributed by atoms with Crippen LogP contribution in [-0.2, 0) is 6.42 Å². The summed E-state index contributed by atoms with van der Waals surface area (Å²) in [6, 6.07) is 16.6. The first-order valence-corrected chi connectivity index (χ1v) is 11.2. The molecular formula is C26H26BrN3O. The van der Waals surface area contributed by atoms with Gasteiger partial charge in [0.2, 0.25) is 0 Å². The highest BCUT2D eigenvalue weighted by Crippen LogP contribution is 2.22. The third-order valence-electron chi connectivity index (χ3n) is 5.71. The van der Waals surface area contributed by atoms with Gasteiger partial charge in [0.1, 0.15) is 0 Å². The molecule has 0 aliphatic heterocycles. The molecule has 5 heteroatoms. The van der Waals surface area contributed by atoms with Crippen LogP contribution in [0.25, 0.3) is 5.69 Å². The number of aromatic nitrogens is 3. The second kappa shape index (κ2) is 8.67. The lowest BCUT2D eigenvalue weighted by Crippen LogP contribution is -2.26. The van der Waals surface area contributed by atoms with Crippen molar-refractivity contribution in [1.29, 1.82) is 0 Å². The molecule has 2 aromatic heterocycles. The summed E-state index contributed by atoms with van der Waals surface area (Å²) in [5.74, 6) is 0. The molecule has 0 saturated carbocycles. The van der Waals surface area contributed by atoms with Crippen molar-refractivity contribution in [3.05, 3.63) is 116 Å². The van der Waals surface area contributed by atoms with E-state index in [-0.39, 0.29) is 11.6 Å². The molecule has 1 atom stereocenters. The van der Waals surface area contributed by atoms with E-state index >= 15 is 0 Å². The quantitative estimate of drug-likeness (QED) is 0.359. The maximum Gasteiger partial charge on any atom is 0.254 e. The highest BCUT2D eigenvalue weighted by atomic mass is 79.9. The van der Waals surface area contributed by atoms with Crippen LogP contribution >= 0.6 is 15.9 Å². The van der Waals surface area contributed by atoms with Crippen LogP contribution in [0.3, 0.4) is 0 Å². The molecule has 4 aromatic rings. The van der Waals surface area contributed by atoms with E-state index < -0.39 is 0 Å². The molecule has 0 saturated heterocycles. The second-order valence-electron chi connectivity index (χ2n) is 8.20. The zero-order valence-electron chi connectivity index (χ0n) is 18.3. The Hall–Kier alpha value is -2.92. The molecule has 0 radical (unpaired) electrons. The Kier molecular flexibility index (Phi) is 5.96. The van der Waals surface area contributed by atoms with Gasteiger partial charge < -0.3 is 9.13 Å². The Morgan fingerprint density at radius 1 is 1.00 bits per heavy atom. The number of benzene rings is 2. The molecule has 0 spiro atoms. The van der Waals surface area contributed by atoms with Crippen LogP contribution in [0.5, 0.6) is 0 Å². The molecule has 0 N–H and O–H groups in total. The van der Waals surface area contributed by atoms with Gasteiger partial charge in [0.15, 0.2) is 0 Å². The summed E-state index contributed by atoms with van der Waals surface area (Å²) in [7, 11) is 0. The number of hydrogen-bond acceptors (Lipinski definition) is 2. The third kappa shape index (κ3) is 4.57. The summed E-state index contributed by atoms with van der Waals surface area (Å²) < 4.78 is 4.76. The van der Waals surface area contributed by atoms with Crippen LogP contribution in [0.1, 0.15) is 46.5 Å². The van der Waals surface area contributed by atoms with Crippen molar-refractivity contribution in [1.82, 2.24) is 14.1 Å². The molecule has 0 unspecified atom stereocenters. The van der Waals surface area contributed by atoms with Crippen molar-refractivity contribution in [2.24, 2.45) is 0 Å². The molecule has 31 heavy (non-hydrogen) atoms. The van der Waals surface area contributed by atoms with Crippen molar-refractivity contribution in [3.8, 4) is 5.69 Å². The van der Waals surface area contributed by atoms with E-state index in [1.54, 1.807) is 0 Å². The molecule has 0 fully saturated rings. The number of hydrogen-bond donors (Lipinski definition) is 0. The van der Waals surface area contributed by atoms with Gasteiger partial charge in [-0.3, -0.25) is 4.79 Å². The SMILES string of the molecule is Cc1ccc([C@H](C)n2cc(Br)cc(Cc3ccc(-n4cnc(C)c4)c(C)c3)c2=O)cc1. The van der Waals surface area contributed by atoms with Gasteiger partial charge in [0, 0.05) is 34.5 Å². The molecule has 0 amide bonds. The first-order valence-electron chi connectivity index (χ1n) is 10.4. The first-order chi connectivity index (χ1) is 14.8. The minimum Gasteiger partial charge on any atom is -0.307 e. The maximum atomic E-state index is 13.3. The highest BCUT2D eigenvalue weighted by Gasteiger charge is 2.14. The molecule has 0 bridgehead atoms. The summed E-state index contributed by atoms with van der Waals surface area (Å²) in [5.41, 5.74) is 7.50. The standard InChI is InChI=1S/C26H26BrN3O/c1-17-5-8-22(9-6-17)20(4)30-15-24(27)13-23(26(30)31)12-21-7-10-25(18(2)11-21)29-14-19(3)28-16-29/h5-11,13-16,20H,12H2,1-4H3/t20-/m0/s1. The van der Waals surface area contributed by atoms with E-state index in [1.807, 2.05) is 40.8 Å². The monoisotopic (exact) mass is 475 g/mol. The number of nitrogens with zero attached hydrogens (tertiary/aromatic N) is 3. The van der Waals surface area contributed by atoms with Crippen LogP contribution in [0.4, 0.5) is 0 Å². The fraction of sp³-hybridized carbons (Fsp3) is 0.231. The van der Waals surface area contributed by atoms with Gasteiger partial charge in [-0.05, 0) is 72.4 Å². The van der Waals surface area contributed by atoms with E-state index in [0.717, 1.165) is 38.1 Å². The van der Waals surface area contributed by atoms with Crippen molar-refractivity contribution in [2.45, 2.75) is 40.2 Å². The van der Waals surface area contributed by atoms with E-state index in [4.69, 9.17) is 0 Å². The zero-order valence-corrected chi connectivity index (χ0v) is 19.8. The molecule has 4 rings (SSSR count). The van der Waals surface area contributed by atoms with Gasteiger partial charge in [-0.1, -0.05) is 42.0 Å². The van der Waals surface area contributed by atoms with Crippen LogP contribution in [0, 0.1) is 20.8 Å². The number of pyridine rings is 1. The number of rotatable bonds is 5. The summed E-state index contributed by atoms with van der Waals surface area (Å²) in [4.78, 5) is 17.6. The molecule has 0 aliphatic rings. The Labute approximate surface area is 191 Å². The minimum atomic E-state index is -0.0436. The second-order valence-corrected chi connectivity index (χ2v) is 9.12. The fourth-order valence-corrected chi connectivity index (χ4v) is 4.43. The van der Waals surface area contributed by atoms with E-state index in [0.29, 0.717) is 6.42 Å². The fourth-order valence-electron chi connectivity index (χ4n) is 3.93. The van der Waals surface area contributed by atoms with Crippen molar-refractivity contribution < 1.29 is 0 Å². The van der Waals surface area contributed by atoms with Gasteiger partial charge in [-0.2, -0.15) is 0 Å². The topological polar surface area (TPSA) is 39.8 Å². The van der Waals surface area contributed by atoms with Gasteiger partial charge in [-0.15, -0.1) is 0 Å². The average molecular weight is 476 g/mol. The molecule has 4 nitrogen and oxygen atoms in total. The molecular weight excluding hydrogens is 450 g/mol. The molecule has 2 aromatic carbocycles. The van der Waals surface area contributed by atoms with Crippen molar-refractivity contribution >= 4 is 15.9 Å². The number of imidazole rings is 1. The smallest absolute Gasteiger partial charge is 0.254 e. The molecule has 2 heterocycles. The Morgan fingerprint density at radius 3 is 2.39 bits per heavy atom. The lowest BCUT2D eigenvalue weighted by atomic mass is 10.0. The van der Waals surface area contributed by atoms with Crippen molar-refractivity contribution in [2.75, 3.05) is 0 Å². The number of aryl methyl sites for hydroxylation is 3. The summed E-state index contributed by atoms with van der Waals surface area (Å²) in [6.07, 6.45) is 6.31. The van der Waals surface area contributed by atoms with Crippen molar-refractivity contribution in [3.63, 3.8) is 0 Å². The van der Waals surface area contributed by atoms with Crippen LogP contribution in [-0.4, -0.2) is 14.1 Å². The Balaban J connectivity index is 1.65. The highest BCUT2D eigenvalue weighted by molar-refractivity contribution is 9.10. The lowest BCUT2D eigenvalue weighted by molar-refractivity contribution is 0.607.